The van der Waals surface area contributed by atoms with Crippen molar-refractivity contribution in [1.29, 1.82) is 0 Å². The van der Waals surface area contributed by atoms with Crippen LogP contribution in [0.5, 0.6) is 11.5 Å². The van der Waals surface area contributed by atoms with Crippen molar-refractivity contribution in [3.63, 3.8) is 0 Å². The molecule has 6 heteroatoms. The maximum absolute atomic E-state index is 5.63. The number of nitrogens with one attached hydrogen (secondary N) is 1. The molecule has 0 bridgehead atoms. The van der Waals surface area contributed by atoms with Crippen LogP contribution >= 0.6 is 22.6 Å². The van der Waals surface area contributed by atoms with E-state index in [0.29, 0.717) is 0 Å². The molecule has 0 radical (unpaired) electrons. The molecule has 0 saturated carbocycles. The van der Waals surface area contributed by atoms with E-state index in [9.17, 15) is 0 Å². The van der Waals surface area contributed by atoms with Gasteiger partial charge in [-0.15, -0.1) is 0 Å². The topological polar surface area (TPSA) is 48.3 Å². The molecule has 5 nitrogen and oxygen atoms in total. The summed E-state index contributed by atoms with van der Waals surface area (Å²) in [7, 11) is 3.37. The summed E-state index contributed by atoms with van der Waals surface area (Å²) >= 11 is 2.32. The van der Waals surface area contributed by atoms with Gasteiger partial charge in [-0.3, -0.25) is 0 Å². The number of halogens is 1. The van der Waals surface area contributed by atoms with Gasteiger partial charge in [0.1, 0.15) is 23.0 Å². The van der Waals surface area contributed by atoms with Crippen molar-refractivity contribution in [2.24, 2.45) is 0 Å². The first-order chi connectivity index (χ1) is 13.2. The summed E-state index contributed by atoms with van der Waals surface area (Å²) < 4.78 is 14.3. The van der Waals surface area contributed by atoms with Crippen molar-refractivity contribution in [2.75, 3.05) is 26.1 Å². The van der Waals surface area contributed by atoms with Crippen LogP contribution < -0.4 is 14.8 Å². The lowest BCUT2D eigenvalue weighted by atomic mass is 10.0. The van der Waals surface area contributed by atoms with Gasteiger partial charge in [0.2, 0.25) is 0 Å². The standard InChI is InChI=1S/C21H22IN3O2/c1-26-16-10-11-19(27-2)18(13-16)20-17-5-3-4-12-23-21(17)25(24-20)15-8-6-14(22)7-9-15/h6-11,13,23H,3-5,12H2,1-2H3. The Morgan fingerprint density at radius 1 is 1.04 bits per heavy atom. The van der Waals surface area contributed by atoms with Crippen LogP contribution in [0.25, 0.3) is 16.9 Å². The molecule has 3 aromatic rings. The number of aromatic nitrogens is 2. The summed E-state index contributed by atoms with van der Waals surface area (Å²) in [5.41, 5.74) is 4.20. The van der Waals surface area contributed by atoms with E-state index in [4.69, 9.17) is 14.6 Å². The number of anilines is 1. The molecule has 2 heterocycles. The second kappa shape index (κ2) is 7.80. The van der Waals surface area contributed by atoms with E-state index in [2.05, 4.69) is 52.2 Å². The quantitative estimate of drug-likeness (QED) is 0.545. The van der Waals surface area contributed by atoms with Gasteiger partial charge >= 0.3 is 0 Å². The molecular weight excluding hydrogens is 453 g/mol. The van der Waals surface area contributed by atoms with E-state index >= 15 is 0 Å². The van der Waals surface area contributed by atoms with Crippen molar-refractivity contribution in [3.8, 4) is 28.4 Å². The number of benzene rings is 2. The molecule has 1 aromatic heterocycles. The van der Waals surface area contributed by atoms with E-state index in [1.807, 2.05) is 22.9 Å². The lowest BCUT2D eigenvalue weighted by molar-refractivity contribution is 0.404. The summed E-state index contributed by atoms with van der Waals surface area (Å²) in [6, 6.07) is 14.3. The summed E-state index contributed by atoms with van der Waals surface area (Å²) in [5.74, 6) is 2.67. The number of methoxy groups -OCH3 is 2. The fourth-order valence-corrected chi connectivity index (χ4v) is 3.85. The summed E-state index contributed by atoms with van der Waals surface area (Å²) in [5, 5.41) is 8.59. The Hall–Kier alpha value is -2.22. The average Bonchev–Trinajstić information content (AvgIpc) is 2.89. The van der Waals surface area contributed by atoms with Crippen LogP contribution in [0, 0.1) is 3.57 Å². The number of nitrogens with zero attached hydrogens (tertiary/aromatic N) is 2. The van der Waals surface area contributed by atoms with E-state index in [1.54, 1.807) is 14.2 Å². The molecule has 4 rings (SSSR count). The first-order valence-electron chi connectivity index (χ1n) is 9.05. The molecule has 27 heavy (non-hydrogen) atoms. The number of rotatable bonds is 4. The Labute approximate surface area is 172 Å². The minimum Gasteiger partial charge on any atom is -0.497 e. The predicted molar refractivity (Wildman–Crippen MR) is 116 cm³/mol. The highest BCUT2D eigenvalue weighted by Gasteiger charge is 2.24. The fraction of sp³-hybridized carbons (Fsp3) is 0.286. The molecule has 1 N–H and O–H groups in total. The molecule has 1 aliphatic heterocycles. The normalized spacial score (nSPS) is 13.4. The van der Waals surface area contributed by atoms with Crippen molar-refractivity contribution in [3.05, 3.63) is 51.6 Å². The van der Waals surface area contributed by atoms with Gasteiger partial charge in [0.05, 0.1) is 19.9 Å². The highest BCUT2D eigenvalue weighted by Crippen LogP contribution is 2.39. The Bertz CT molecular complexity index is 951. The molecule has 0 atom stereocenters. The molecule has 0 saturated heterocycles. The van der Waals surface area contributed by atoms with Crippen LogP contribution in [-0.4, -0.2) is 30.5 Å². The molecule has 0 fully saturated rings. The molecule has 1 aliphatic rings. The van der Waals surface area contributed by atoms with Crippen LogP contribution in [0.2, 0.25) is 0 Å². The molecular formula is C21H22IN3O2. The Kier molecular flexibility index (Phi) is 5.24. The van der Waals surface area contributed by atoms with E-state index in [1.165, 1.54) is 9.13 Å². The van der Waals surface area contributed by atoms with Crippen LogP contribution in [0.4, 0.5) is 5.82 Å². The highest BCUT2D eigenvalue weighted by atomic mass is 127. The Morgan fingerprint density at radius 2 is 1.85 bits per heavy atom. The van der Waals surface area contributed by atoms with E-state index in [0.717, 1.165) is 60.1 Å². The third kappa shape index (κ3) is 3.50. The smallest absolute Gasteiger partial charge is 0.133 e. The number of hydrogen-bond acceptors (Lipinski definition) is 4. The second-order valence-electron chi connectivity index (χ2n) is 6.51. The highest BCUT2D eigenvalue weighted by molar-refractivity contribution is 14.1. The SMILES string of the molecule is COc1ccc(OC)c(-c2nn(-c3ccc(I)cc3)c3c2CCCCN3)c1. The van der Waals surface area contributed by atoms with Gasteiger partial charge in [-0.05, 0) is 84.3 Å². The van der Waals surface area contributed by atoms with E-state index in [-0.39, 0.29) is 0 Å². The van der Waals surface area contributed by atoms with Crippen LogP contribution in [0.15, 0.2) is 42.5 Å². The Balaban J connectivity index is 1.93. The van der Waals surface area contributed by atoms with Crippen molar-refractivity contribution in [1.82, 2.24) is 9.78 Å². The summed E-state index contributed by atoms with van der Waals surface area (Å²) in [6.45, 7) is 0.956. The molecule has 0 amide bonds. The zero-order valence-corrected chi connectivity index (χ0v) is 17.6. The zero-order chi connectivity index (χ0) is 18.8. The fourth-order valence-electron chi connectivity index (χ4n) is 3.49. The van der Waals surface area contributed by atoms with Crippen LogP contribution in [0.3, 0.4) is 0 Å². The van der Waals surface area contributed by atoms with Crippen LogP contribution in [-0.2, 0) is 6.42 Å². The monoisotopic (exact) mass is 475 g/mol. The van der Waals surface area contributed by atoms with Gasteiger partial charge < -0.3 is 14.8 Å². The molecule has 0 aliphatic carbocycles. The lowest BCUT2D eigenvalue weighted by Gasteiger charge is -2.10. The first kappa shape index (κ1) is 18.2. The maximum Gasteiger partial charge on any atom is 0.133 e. The van der Waals surface area contributed by atoms with Crippen LogP contribution in [0.1, 0.15) is 18.4 Å². The molecule has 2 aromatic carbocycles. The van der Waals surface area contributed by atoms with Gasteiger partial charge in [-0.25, -0.2) is 4.68 Å². The zero-order valence-electron chi connectivity index (χ0n) is 15.5. The second-order valence-corrected chi connectivity index (χ2v) is 7.76. The molecule has 0 unspecified atom stereocenters. The van der Waals surface area contributed by atoms with Gasteiger partial charge in [-0.1, -0.05) is 0 Å². The number of hydrogen-bond donors (Lipinski definition) is 1. The summed E-state index contributed by atoms with van der Waals surface area (Å²) in [4.78, 5) is 0. The van der Waals surface area contributed by atoms with Crippen molar-refractivity contribution >= 4 is 28.4 Å². The predicted octanol–water partition coefficient (Wildman–Crippen LogP) is 4.91. The molecule has 140 valence electrons. The van der Waals surface area contributed by atoms with Gasteiger partial charge in [0, 0.05) is 21.2 Å². The van der Waals surface area contributed by atoms with E-state index < -0.39 is 0 Å². The van der Waals surface area contributed by atoms with Gasteiger partial charge in [0.25, 0.3) is 0 Å². The Morgan fingerprint density at radius 3 is 2.59 bits per heavy atom. The minimum absolute atomic E-state index is 0.796. The lowest BCUT2D eigenvalue weighted by Crippen LogP contribution is -2.07. The number of ether oxygens (including phenoxy) is 2. The van der Waals surface area contributed by atoms with Gasteiger partial charge in [-0.2, -0.15) is 5.10 Å². The first-order valence-corrected chi connectivity index (χ1v) is 10.1. The van der Waals surface area contributed by atoms with Gasteiger partial charge in [0.15, 0.2) is 0 Å². The largest absolute Gasteiger partial charge is 0.497 e. The average molecular weight is 475 g/mol. The summed E-state index contributed by atoms with van der Waals surface area (Å²) in [6.07, 6.45) is 3.27. The van der Waals surface area contributed by atoms with Crippen molar-refractivity contribution < 1.29 is 9.47 Å². The van der Waals surface area contributed by atoms with Crippen molar-refractivity contribution in [2.45, 2.75) is 19.3 Å². The minimum atomic E-state index is 0.796. The maximum atomic E-state index is 5.63. The third-order valence-electron chi connectivity index (χ3n) is 4.86. The third-order valence-corrected chi connectivity index (χ3v) is 5.58. The number of fused-ring (bicyclic) bond motifs is 1. The molecule has 0 spiro atoms.